The van der Waals surface area contributed by atoms with Crippen molar-refractivity contribution < 1.29 is 9.13 Å². The van der Waals surface area contributed by atoms with Crippen LogP contribution in [0.3, 0.4) is 0 Å². The standard InChI is InChI=1S/C10H11FOS/c1-9-7-10(13-8-9)3-2-5-12-6-4-11/h7-8H,4-6H2,1H3. The molecule has 0 bridgehead atoms. The van der Waals surface area contributed by atoms with E-state index in [0.717, 1.165) is 4.88 Å². The van der Waals surface area contributed by atoms with Gasteiger partial charge in [-0.1, -0.05) is 11.8 Å². The number of hydrogen-bond acceptors (Lipinski definition) is 2. The Bertz CT molecular complexity index is 308. The van der Waals surface area contributed by atoms with E-state index in [2.05, 4.69) is 11.8 Å². The van der Waals surface area contributed by atoms with Crippen molar-refractivity contribution in [3.8, 4) is 11.8 Å². The number of aryl methyl sites for hydroxylation is 1. The molecule has 0 aliphatic heterocycles. The average molecular weight is 198 g/mol. The van der Waals surface area contributed by atoms with Crippen molar-refractivity contribution in [1.29, 1.82) is 0 Å². The van der Waals surface area contributed by atoms with E-state index in [0.29, 0.717) is 6.61 Å². The first-order valence-electron chi connectivity index (χ1n) is 4.00. The Morgan fingerprint density at radius 1 is 1.62 bits per heavy atom. The van der Waals surface area contributed by atoms with E-state index < -0.39 is 6.67 Å². The molecule has 70 valence electrons. The number of halogens is 1. The Hall–Kier alpha value is -0.850. The SMILES string of the molecule is Cc1csc(C#CCOCCF)c1. The highest BCUT2D eigenvalue weighted by Crippen LogP contribution is 2.11. The normalized spacial score (nSPS) is 9.38. The predicted molar refractivity (Wildman–Crippen MR) is 52.7 cm³/mol. The molecule has 0 aliphatic rings. The molecule has 0 saturated carbocycles. The Kier molecular flexibility index (Phi) is 4.52. The Morgan fingerprint density at radius 3 is 3.08 bits per heavy atom. The Balaban J connectivity index is 2.31. The average Bonchev–Trinajstić information content (AvgIpc) is 2.51. The second-order valence-corrected chi connectivity index (χ2v) is 3.44. The lowest BCUT2D eigenvalue weighted by Gasteiger charge is -1.90. The van der Waals surface area contributed by atoms with Gasteiger partial charge in [-0.05, 0) is 23.9 Å². The van der Waals surface area contributed by atoms with Crippen LogP contribution in [0, 0.1) is 18.8 Å². The summed E-state index contributed by atoms with van der Waals surface area (Å²) in [5, 5.41) is 2.05. The van der Waals surface area contributed by atoms with Crippen molar-refractivity contribution >= 4 is 11.3 Å². The summed E-state index contributed by atoms with van der Waals surface area (Å²) in [6.07, 6.45) is 0. The molecule has 13 heavy (non-hydrogen) atoms. The smallest absolute Gasteiger partial charge is 0.113 e. The van der Waals surface area contributed by atoms with Crippen LogP contribution in [0.25, 0.3) is 0 Å². The third-order valence-electron chi connectivity index (χ3n) is 1.34. The summed E-state index contributed by atoms with van der Waals surface area (Å²) in [6.45, 7) is 2.03. The number of ether oxygens (including phenoxy) is 1. The van der Waals surface area contributed by atoms with Crippen LogP contribution in [0.15, 0.2) is 11.4 Å². The fraction of sp³-hybridized carbons (Fsp3) is 0.400. The van der Waals surface area contributed by atoms with Gasteiger partial charge in [0.15, 0.2) is 0 Å². The minimum Gasteiger partial charge on any atom is -0.366 e. The van der Waals surface area contributed by atoms with E-state index in [1.165, 1.54) is 5.56 Å². The lowest BCUT2D eigenvalue weighted by molar-refractivity contribution is 0.148. The van der Waals surface area contributed by atoms with Crippen molar-refractivity contribution in [1.82, 2.24) is 0 Å². The van der Waals surface area contributed by atoms with Gasteiger partial charge < -0.3 is 4.74 Å². The summed E-state index contributed by atoms with van der Waals surface area (Å²) in [6, 6.07) is 2.02. The first-order valence-corrected chi connectivity index (χ1v) is 4.88. The number of hydrogen-bond donors (Lipinski definition) is 0. The molecule has 1 aromatic rings. The highest BCUT2D eigenvalue weighted by molar-refractivity contribution is 7.10. The fourth-order valence-electron chi connectivity index (χ4n) is 0.798. The molecule has 0 aromatic carbocycles. The highest BCUT2D eigenvalue weighted by atomic mass is 32.1. The van der Waals surface area contributed by atoms with Gasteiger partial charge in [-0.3, -0.25) is 0 Å². The van der Waals surface area contributed by atoms with Crippen LogP contribution >= 0.6 is 11.3 Å². The van der Waals surface area contributed by atoms with Crippen LogP contribution in [0.2, 0.25) is 0 Å². The zero-order valence-corrected chi connectivity index (χ0v) is 8.29. The summed E-state index contributed by atoms with van der Waals surface area (Å²) < 4.78 is 16.4. The molecule has 0 saturated heterocycles. The van der Waals surface area contributed by atoms with Gasteiger partial charge in [0.1, 0.15) is 13.3 Å². The summed E-state index contributed by atoms with van der Waals surface area (Å²) in [5.74, 6) is 5.77. The highest BCUT2D eigenvalue weighted by Gasteiger charge is 1.89. The van der Waals surface area contributed by atoms with E-state index in [4.69, 9.17) is 4.74 Å². The zero-order chi connectivity index (χ0) is 9.52. The van der Waals surface area contributed by atoms with Crippen LogP contribution < -0.4 is 0 Å². The van der Waals surface area contributed by atoms with E-state index in [9.17, 15) is 4.39 Å². The number of thiophene rings is 1. The van der Waals surface area contributed by atoms with Crippen molar-refractivity contribution in [2.45, 2.75) is 6.92 Å². The van der Waals surface area contributed by atoms with E-state index in [1.807, 2.05) is 18.4 Å². The molecule has 0 N–H and O–H groups in total. The van der Waals surface area contributed by atoms with Gasteiger partial charge in [-0.25, -0.2) is 4.39 Å². The van der Waals surface area contributed by atoms with Crippen molar-refractivity contribution in [3.05, 3.63) is 21.9 Å². The maximum Gasteiger partial charge on any atom is 0.113 e. The summed E-state index contributed by atoms with van der Waals surface area (Å²) >= 11 is 1.61. The lowest BCUT2D eigenvalue weighted by atomic mass is 10.3. The van der Waals surface area contributed by atoms with Crippen LogP contribution in [-0.2, 0) is 4.74 Å². The minimum atomic E-state index is -0.445. The van der Waals surface area contributed by atoms with E-state index in [1.54, 1.807) is 11.3 Å². The molecule has 0 spiro atoms. The van der Waals surface area contributed by atoms with Crippen LogP contribution in [0.5, 0.6) is 0 Å². The molecule has 3 heteroatoms. The molecule has 0 fully saturated rings. The molecule has 0 atom stereocenters. The molecular formula is C10H11FOS. The summed E-state index contributed by atoms with van der Waals surface area (Å²) in [7, 11) is 0. The van der Waals surface area contributed by atoms with Gasteiger partial charge in [0, 0.05) is 0 Å². The van der Waals surface area contributed by atoms with Crippen LogP contribution in [-0.4, -0.2) is 19.9 Å². The number of rotatable bonds is 3. The van der Waals surface area contributed by atoms with Gasteiger partial charge >= 0.3 is 0 Å². The van der Waals surface area contributed by atoms with Crippen molar-refractivity contribution in [3.63, 3.8) is 0 Å². The van der Waals surface area contributed by atoms with Gasteiger partial charge in [-0.2, -0.15) is 0 Å². The zero-order valence-electron chi connectivity index (χ0n) is 7.47. The third-order valence-corrected chi connectivity index (χ3v) is 2.30. The predicted octanol–water partition coefficient (Wildman–Crippen LogP) is 2.39. The summed E-state index contributed by atoms with van der Waals surface area (Å²) in [4.78, 5) is 1.03. The molecule has 0 unspecified atom stereocenters. The minimum absolute atomic E-state index is 0.137. The number of alkyl halides is 1. The summed E-state index contributed by atoms with van der Waals surface area (Å²) in [5.41, 5.74) is 1.22. The van der Waals surface area contributed by atoms with E-state index >= 15 is 0 Å². The van der Waals surface area contributed by atoms with Crippen LogP contribution in [0.4, 0.5) is 4.39 Å². The third kappa shape index (κ3) is 4.07. The molecule has 0 radical (unpaired) electrons. The monoisotopic (exact) mass is 198 g/mol. The lowest BCUT2D eigenvalue weighted by Crippen LogP contribution is -1.95. The molecule has 0 amide bonds. The van der Waals surface area contributed by atoms with Gasteiger partial charge in [0.05, 0.1) is 11.5 Å². The van der Waals surface area contributed by atoms with Gasteiger partial charge in [0.2, 0.25) is 0 Å². The fourth-order valence-corrected chi connectivity index (χ4v) is 1.56. The molecule has 0 aliphatic carbocycles. The first kappa shape index (κ1) is 10.2. The Labute approximate surface area is 81.5 Å². The van der Waals surface area contributed by atoms with Gasteiger partial charge in [-0.15, -0.1) is 11.3 Å². The largest absolute Gasteiger partial charge is 0.366 e. The topological polar surface area (TPSA) is 9.23 Å². The Morgan fingerprint density at radius 2 is 2.46 bits per heavy atom. The van der Waals surface area contributed by atoms with Crippen LogP contribution in [0.1, 0.15) is 10.4 Å². The maximum atomic E-state index is 11.6. The van der Waals surface area contributed by atoms with Crippen molar-refractivity contribution in [2.75, 3.05) is 19.9 Å². The second-order valence-electron chi connectivity index (χ2n) is 2.53. The van der Waals surface area contributed by atoms with E-state index in [-0.39, 0.29) is 6.61 Å². The van der Waals surface area contributed by atoms with Crippen molar-refractivity contribution in [2.24, 2.45) is 0 Å². The molecule has 1 nitrogen and oxygen atoms in total. The first-order chi connectivity index (χ1) is 6.33. The van der Waals surface area contributed by atoms with Gasteiger partial charge in [0.25, 0.3) is 0 Å². The molecule has 1 heterocycles. The maximum absolute atomic E-state index is 11.6. The molecule has 1 aromatic heterocycles. The molecular weight excluding hydrogens is 187 g/mol. The quantitative estimate of drug-likeness (QED) is 0.535. The second kappa shape index (κ2) is 5.74. The molecule has 1 rings (SSSR count).